The Labute approximate surface area is 65.2 Å². The van der Waals surface area contributed by atoms with Crippen molar-refractivity contribution in [2.75, 3.05) is 21.3 Å². The van der Waals surface area contributed by atoms with Gasteiger partial charge in [-0.3, -0.25) is 0 Å². The summed E-state index contributed by atoms with van der Waals surface area (Å²) in [6.45, 7) is 0. The van der Waals surface area contributed by atoms with Crippen LogP contribution in [0.15, 0.2) is 12.5 Å². The number of hydrogen-bond acceptors (Lipinski definition) is 5. The molecule has 0 radical (unpaired) electrons. The molecule has 0 saturated carbocycles. The van der Waals surface area contributed by atoms with Gasteiger partial charge in [0, 0.05) is 0 Å². The molecule has 66 valence electrons. The standard InChI is InChI=1S/C5H11O5P/c1-6-11(7-2,8-3)9-4-5-10-11/h4-5H,1-3H3. The van der Waals surface area contributed by atoms with Crippen molar-refractivity contribution in [3.63, 3.8) is 0 Å². The average Bonchev–Trinajstić information content (AvgIpc) is 2.52. The molecule has 1 aliphatic heterocycles. The molecule has 1 rings (SSSR count). The second-order valence-corrected chi connectivity index (χ2v) is 4.78. The third kappa shape index (κ3) is 1.10. The molecule has 5 nitrogen and oxygen atoms in total. The van der Waals surface area contributed by atoms with E-state index in [1.54, 1.807) is 0 Å². The van der Waals surface area contributed by atoms with E-state index in [1.165, 1.54) is 33.9 Å². The first-order valence-electron chi connectivity index (χ1n) is 2.94. The summed E-state index contributed by atoms with van der Waals surface area (Å²) < 4.78 is 25.0. The first-order chi connectivity index (χ1) is 5.20. The molecule has 0 unspecified atom stereocenters. The van der Waals surface area contributed by atoms with Crippen LogP contribution in [-0.2, 0) is 22.6 Å². The van der Waals surface area contributed by atoms with E-state index in [0.717, 1.165) is 0 Å². The van der Waals surface area contributed by atoms with E-state index in [2.05, 4.69) is 0 Å². The Bertz CT molecular complexity index is 153. The van der Waals surface area contributed by atoms with Crippen LogP contribution in [0.2, 0.25) is 0 Å². The van der Waals surface area contributed by atoms with Crippen LogP contribution in [0.4, 0.5) is 0 Å². The molecule has 1 heterocycles. The molecule has 0 aliphatic carbocycles. The monoisotopic (exact) mass is 182 g/mol. The molecule has 0 bridgehead atoms. The van der Waals surface area contributed by atoms with Gasteiger partial charge in [0.25, 0.3) is 0 Å². The van der Waals surface area contributed by atoms with E-state index in [0.29, 0.717) is 0 Å². The number of hydrogen-bond donors (Lipinski definition) is 0. The summed E-state index contributed by atoms with van der Waals surface area (Å²) in [5.74, 6) is 0. The van der Waals surface area contributed by atoms with Gasteiger partial charge in [0.1, 0.15) is 0 Å². The van der Waals surface area contributed by atoms with E-state index in [1.807, 2.05) is 0 Å². The van der Waals surface area contributed by atoms with Gasteiger partial charge in [-0.1, -0.05) is 0 Å². The Morgan fingerprint density at radius 1 is 0.909 bits per heavy atom. The molecule has 0 amide bonds. The van der Waals surface area contributed by atoms with E-state index in [9.17, 15) is 0 Å². The van der Waals surface area contributed by atoms with Crippen molar-refractivity contribution in [2.45, 2.75) is 0 Å². The Balaban J connectivity index is 2.86. The molecular formula is C5H11O5P. The molecule has 0 N–H and O–H groups in total. The van der Waals surface area contributed by atoms with Crippen molar-refractivity contribution in [2.24, 2.45) is 0 Å². The van der Waals surface area contributed by atoms with Gasteiger partial charge in [-0.15, -0.1) is 0 Å². The summed E-state index contributed by atoms with van der Waals surface area (Å²) in [5.41, 5.74) is 0. The SMILES string of the molecule is COP1(OC)(OC)OC=CO1. The summed E-state index contributed by atoms with van der Waals surface area (Å²) in [5, 5.41) is 0. The Hall–Kier alpha value is -0.350. The zero-order valence-corrected chi connectivity index (χ0v) is 7.54. The Morgan fingerprint density at radius 2 is 1.27 bits per heavy atom. The summed E-state index contributed by atoms with van der Waals surface area (Å²) in [6.07, 6.45) is 2.66. The van der Waals surface area contributed by atoms with Crippen molar-refractivity contribution in [1.82, 2.24) is 0 Å². The van der Waals surface area contributed by atoms with Crippen LogP contribution in [0.1, 0.15) is 0 Å². The van der Waals surface area contributed by atoms with Gasteiger partial charge in [-0.25, -0.2) is 0 Å². The molecule has 0 aromatic rings. The maximum atomic E-state index is 5.04. The van der Waals surface area contributed by atoms with Crippen LogP contribution in [0.5, 0.6) is 0 Å². The van der Waals surface area contributed by atoms with E-state index in [-0.39, 0.29) is 0 Å². The van der Waals surface area contributed by atoms with Crippen LogP contribution in [-0.4, -0.2) is 21.3 Å². The van der Waals surface area contributed by atoms with Gasteiger partial charge >= 0.3 is 64.2 Å². The molecule has 0 aromatic carbocycles. The summed E-state index contributed by atoms with van der Waals surface area (Å²) in [6, 6.07) is 0. The predicted octanol–water partition coefficient (Wildman–Crippen LogP) is 1.57. The van der Waals surface area contributed by atoms with Crippen molar-refractivity contribution >= 4 is 7.74 Å². The second kappa shape index (κ2) is 2.60. The van der Waals surface area contributed by atoms with Gasteiger partial charge in [0.2, 0.25) is 0 Å². The van der Waals surface area contributed by atoms with Crippen LogP contribution in [0.3, 0.4) is 0 Å². The molecule has 0 saturated heterocycles. The third-order valence-electron chi connectivity index (χ3n) is 1.42. The van der Waals surface area contributed by atoms with Crippen molar-refractivity contribution in [3.8, 4) is 0 Å². The van der Waals surface area contributed by atoms with Crippen LogP contribution >= 0.6 is 7.74 Å². The summed E-state index contributed by atoms with van der Waals surface area (Å²) in [7, 11) is 0.524. The van der Waals surface area contributed by atoms with Gasteiger partial charge < -0.3 is 0 Å². The molecular weight excluding hydrogens is 171 g/mol. The zero-order chi connectivity index (χ0) is 8.40. The summed E-state index contributed by atoms with van der Waals surface area (Å²) in [4.78, 5) is 0. The first-order valence-corrected chi connectivity index (χ1v) is 4.77. The minimum absolute atomic E-state index is 1.33. The Morgan fingerprint density at radius 3 is 1.45 bits per heavy atom. The van der Waals surface area contributed by atoms with Crippen LogP contribution < -0.4 is 0 Å². The van der Waals surface area contributed by atoms with Crippen LogP contribution in [0.25, 0.3) is 0 Å². The fourth-order valence-electron chi connectivity index (χ4n) is 0.755. The molecule has 0 fully saturated rings. The van der Waals surface area contributed by atoms with Gasteiger partial charge in [-0.2, -0.15) is 0 Å². The molecule has 0 aromatic heterocycles. The van der Waals surface area contributed by atoms with Crippen molar-refractivity contribution in [3.05, 3.63) is 12.5 Å². The fourth-order valence-corrected chi connectivity index (χ4v) is 2.27. The minimum atomic E-state index is -3.68. The molecule has 0 atom stereocenters. The quantitative estimate of drug-likeness (QED) is 0.620. The van der Waals surface area contributed by atoms with Gasteiger partial charge in [0.05, 0.1) is 0 Å². The van der Waals surface area contributed by atoms with Crippen LogP contribution in [0, 0.1) is 0 Å². The predicted molar refractivity (Wildman–Crippen MR) is 39.3 cm³/mol. The third-order valence-corrected chi connectivity index (χ3v) is 4.14. The molecule has 0 spiro atoms. The van der Waals surface area contributed by atoms with E-state index < -0.39 is 7.74 Å². The fraction of sp³-hybridized carbons (Fsp3) is 0.600. The molecule has 11 heavy (non-hydrogen) atoms. The zero-order valence-electron chi connectivity index (χ0n) is 6.64. The molecule has 1 aliphatic rings. The normalized spacial score (nSPS) is 28.1. The maximum absolute atomic E-state index is 5.04. The van der Waals surface area contributed by atoms with E-state index in [4.69, 9.17) is 22.6 Å². The molecule has 6 heteroatoms. The Kier molecular flexibility index (Phi) is 2.07. The van der Waals surface area contributed by atoms with Gasteiger partial charge in [-0.05, 0) is 0 Å². The number of rotatable bonds is 3. The van der Waals surface area contributed by atoms with Crippen molar-refractivity contribution in [1.29, 1.82) is 0 Å². The average molecular weight is 182 g/mol. The summed E-state index contributed by atoms with van der Waals surface area (Å²) >= 11 is 0. The van der Waals surface area contributed by atoms with Gasteiger partial charge in [0.15, 0.2) is 0 Å². The van der Waals surface area contributed by atoms with Crippen molar-refractivity contribution < 1.29 is 22.6 Å². The topological polar surface area (TPSA) is 46.2 Å². The second-order valence-electron chi connectivity index (χ2n) is 1.78. The first kappa shape index (κ1) is 8.74. The van der Waals surface area contributed by atoms with E-state index >= 15 is 0 Å².